The second-order valence-corrected chi connectivity index (χ2v) is 5.78. The zero-order chi connectivity index (χ0) is 15.4. The maximum Gasteiger partial charge on any atom is 0.244 e. The number of para-hydroxylation sites is 1. The summed E-state index contributed by atoms with van der Waals surface area (Å²) >= 11 is 0. The summed E-state index contributed by atoms with van der Waals surface area (Å²) in [5.41, 5.74) is 7.41. The fraction of sp³-hybridized carbons (Fsp3) is 0.562. The molecular formula is C16H25N3O2. The molecule has 2 rings (SSSR count). The molecule has 1 unspecified atom stereocenters. The van der Waals surface area contributed by atoms with Crippen molar-refractivity contribution in [1.29, 1.82) is 0 Å². The van der Waals surface area contributed by atoms with Gasteiger partial charge in [0.25, 0.3) is 0 Å². The van der Waals surface area contributed by atoms with Crippen LogP contribution in [0.1, 0.15) is 33.6 Å². The van der Waals surface area contributed by atoms with E-state index in [1.165, 1.54) is 0 Å². The van der Waals surface area contributed by atoms with Gasteiger partial charge in [-0.3, -0.25) is 4.79 Å². The number of ether oxygens (including phenoxy) is 1. The number of amides is 1. The highest BCUT2D eigenvalue weighted by atomic mass is 16.5. The van der Waals surface area contributed by atoms with E-state index in [0.717, 1.165) is 31.6 Å². The number of nitrogen functional groups attached to an aromatic ring is 1. The molecular weight excluding hydrogens is 266 g/mol. The molecule has 116 valence electrons. The average molecular weight is 291 g/mol. The molecule has 21 heavy (non-hydrogen) atoms. The topological polar surface area (TPSA) is 67.6 Å². The summed E-state index contributed by atoms with van der Waals surface area (Å²) in [4.78, 5) is 14.2. The van der Waals surface area contributed by atoms with Crippen LogP contribution in [0, 0.1) is 0 Å². The van der Waals surface area contributed by atoms with E-state index in [-0.39, 0.29) is 18.1 Å². The zero-order valence-electron chi connectivity index (χ0n) is 13.1. The fourth-order valence-electron chi connectivity index (χ4n) is 2.53. The second kappa shape index (κ2) is 6.70. The van der Waals surface area contributed by atoms with E-state index in [9.17, 15) is 4.79 Å². The number of benzene rings is 1. The minimum atomic E-state index is -0.292. The number of anilines is 2. The monoisotopic (exact) mass is 291 g/mol. The van der Waals surface area contributed by atoms with Crippen molar-refractivity contribution in [3.8, 4) is 5.75 Å². The molecule has 0 saturated carbocycles. The van der Waals surface area contributed by atoms with Crippen molar-refractivity contribution in [2.75, 3.05) is 24.1 Å². The number of carbonyl (C=O) groups excluding carboxylic acids is 1. The Morgan fingerprint density at radius 2 is 1.95 bits per heavy atom. The van der Waals surface area contributed by atoms with Crippen LogP contribution in [0.3, 0.4) is 0 Å². The molecule has 0 spiro atoms. The lowest BCUT2D eigenvalue weighted by molar-refractivity contribution is -0.130. The Balaban J connectivity index is 2.06. The van der Waals surface area contributed by atoms with Gasteiger partial charge in [-0.2, -0.15) is 0 Å². The van der Waals surface area contributed by atoms with Crippen LogP contribution in [0.2, 0.25) is 0 Å². The third-order valence-electron chi connectivity index (χ3n) is 3.59. The van der Waals surface area contributed by atoms with Crippen LogP contribution in [-0.2, 0) is 4.79 Å². The third kappa shape index (κ3) is 3.80. The van der Waals surface area contributed by atoms with Crippen molar-refractivity contribution in [2.45, 2.75) is 45.8 Å². The SMILES string of the molecule is CC(C)Oc1cccc(NC(C)C(=O)N2CCCC2)c1N. The first-order valence-electron chi connectivity index (χ1n) is 7.59. The first kappa shape index (κ1) is 15.5. The molecule has 0 radical (unpaired) electrons. The Labute approximate surface area is 126 Å². The van der Waals surface area contributed by atoms with Crippen LogP contribution in [0.4, 0.5) is 11.4 Å². The molecule has 1 aromatic carbocycles. The lowest BCUT2D eigenvalue weighted by atomic mass is 10.2. The van der Waals surface area contributed by atoms with Gasteiger partial charge in [0.1, 0.15) is 11.8 Å². The van der Waals surface area contributed by atoms with Crippen molar-refractivity contribution in [3.05, 3.63) is 18.2 Å². The van der Waals surface area contributed by atoms with Crippen LogP contribution in [0.5, 0.6) is 5.75 Å². The van der Waals surface area contributed by atoms with E-state index in [1.54, 1.807) is 0 Å². The summed E-state index contributed by atoms with van der Waals surface area (Å²) < 4.78 is 5.67. The molecule has 1 fully saturated rings. The predicted octanol–water partition coefficient (Wildman–Crippen LogP) is 2.48. The highest BCUT2D eigenvalue weighted by Crippen LogP contribution is 2.30. The van der Waals surface area contributed by atoms with Crippen molar-refractivity contribution in [1.82, 2.24) is 4.90 Å². The minimum absolute atomic E-state index is 0.0613. The quantitative estimate of drug-likeness (QED) is 0.818. The van der Waals surface area contributed by atoms with Crippen LogP contribution >= 0.6 is 0 Å². The first-order valence-corrected chi connectivity index (χ1v) is 7.59. The average Bonchev–Trinajstić information content (AvgIpc) is 2.96. The van der Waals surface area contributed by atoms with Gasteiger partial charge in [0.15, 0.2) is 0 Å². The predicted molar refractivity (Wildman–Crippen MR) is 85.5 cm³/mol. The molecule has 5 nitrogen and oxygen atoms in total. The molecule has 0 aliphatic carbocycles. The van der Waals surface area contributed by atoms with Crippen LogP contribution in [-0.4, -0.2) is 36.0 Å². The van der Waals surface area contributed by atoms with Gasteiger partial charge in [0.2, 0.25) is 5.91 Å². The molecule has 5 heteroatoms. The van der Waals surface area contributed by atoms with Gasteiger partial charge in [0.05, 0.1) is 17.5 Å². The largest absolute Gasteiger partial charge is 0.489 e. The zero-order valence-corrected chi connectivity index (χ0v) is 13.1. The van der Waals surface area contributed by atoms with E-state index >= 15 is 0 Å². The van der Waals surface area contributed by atoms with Gasteiger partial charge >= 0.3 is 0 Å². The third-order valence-corrected chi connectivity index (χ3v) is 3.59. The summed E-state index contributed by atoms with van der Waals surface area (Å²) in [5.74, 6) is 0.776. The maximum atomic E-state index is 12.3. The van der Waals surface area contributed by atoms with Crippen molar-refractivity contribution in [2.24, 2.45) is 0 Å². The number of nitrogens with zero attached hydrogens (tertiary/aromatic N) is 1. The highest BCUT2D eigenvalue weighted by molar-refractivity contribution is 5.86. The molecule has 0 aromatic heterocycles. The molecule has 1 aliphatic heterocycles. The van der Waals surface area contributed by atoms with E-state index in [1.807, 2.05) is 43.9 Å². The smallest absolute Gasteiger partial charge is 0.244 e. The number of carbonyl (C=O) groups is 1. The van der Waals surface area contributed by atoms with Gasteiger partial charge in [-0.15, -0.1) is 0 Å². The number of rotatable bonds is 5. The summed E-state index contributed by atoms with van der Waals surface area (Å²) in [6, 6.07) is 5.30. The molecule has 1 atom stereocenters. The van der Waals surface area contributed by atoms with E-state index in [4.69, 9.17) is 10.5 Å². The Hall–Kier alpha value is -1.91. The Kier molecular flexibility index (Phi) is 4.94. The summed E-state index contributed by atoms with van der Waals surface area (Å²) in [6.07, 6.45) is 2.25. The maximum absolute atomic E-state index is 12.3. The number of hydrogen-bond acceptors (Lipinski definition) is 4. The molecule has 1 aromatic rings. The Morgan fingerprint density at radius 3 is 2.57 bits per heavy atom. The van der Waals surface area contributed by atoms with Crippen molar-refractivity contribution < 1.29 is 9.53 Å². The van der Waals surface area contributed by atoms with Crippen LogP contribution in [0.25, 0.3) is 0 Å². The second-order valence-electron chi connectivity index (χ2n) is 5.78. The first-order chi connectivity index (χ1) is 9.99. The molecule has 1 amide bonds. The Morgan fingerprint density at radius 1 is 1.29 bits per heavy atom. The fourth-order valence-corrected chi connectivity index (χ4v) is 2.53. The number of hydrogen-bond donors (Lipinski definition) is 2. The van der Waals surface area contributed by atoms with Gasteiger partial charge < -0.3 is 20.7 Å². The Bertz CT molecular complexity index is 496. The summed E-state index contributed by atoms with van der Waals surface area (Å²) in [5, 5.41) is 3.20. The molecule has 1 heterocycles. The lowest BCUT2D eigenvalue weighted by Crippen LogP contribution is -2.39. The summed E-state index contributed by atoms with van der Waals surface area (Å²) in [7, 11) is 0. The molecule has 3 N–H and O–H groups in total. The minimum Gasteiger partial charge on any atom is -0.489 e. The molecule has 1 saturated heterocycles. The lowest BCUT2D eigenvalue weighted by Gasteiger charge is -2.23. The number of nitrogens with two attached hydrogens (primary N) is 1. The number of nitrogens with one attached hydrogen (secondary N) is 1. The highest BCUT2D eigenvalue weighted by Gasteiger charge is 2.23. The number of likely N-dealkylation sites (tertiary alicyclic amines) is 1. The summed E-state index contributed by atoms with van der Waals surface area (Å²) in [6.45, 7) is 7.50. The van der Waals surface area contributed by atoms with E-state index < -0.39 is 0 Å². The van der Waals surface area contributed by atoms with Gasteiger partial charge in [-0.25, -0.2) is 0 Å². The van der Waals surface area contributed by atoms with E-state index in [0.29, 0.717) is 11.4 Å². The van der Waals surface area contributed by atoms with Crippen LogP contribution in [0.15, 0.2) is 18.2 Å². The normalized spacial score (nSPS) is 16.1. The van der Waals surface area contributed by atoms with Gasteiger partial charge in [-0.05, 0) is 45.7 Å². The van der Waals surface area contributed by atoms with Crippen molar-refractivity contribution >= 4 is 17.3 Å². The van der Waals surface area contributed by atoms with Crippen molar-refractivity contribution in [3.63, 3.8) is 0 Å². The molecule has 0 bridgehead atoms. The van der Waals surface area contributed by atoms with Crippen LogP contribution < -0.4 is 15.8 Å². The van der Waals surface area contributed by atoms with Gasteiger partial charge in [0, 0.05) is 13.1 Å². The van der Waals surface area contributed by atoms with E-state index in [2.05, 4.69) is 5.32 Å². The molecule has 1 aliphatic rings. The van der Waals surface area contributed by atoms with Gasteiger partial charge in [-0.1, -0.05) is 6.07 Å². The standard InChI is InChI=1S/C16H25N3O2/c1-11(2)21-14-8-6-7-13(15(14)17)18-12(3)16(20)19-9-4-5-10-19/h6-8,11-12,18H,4-5,9-10,17H2,1-3H3.